The number of rotatable bonds is 5. The first-order valence-electron chi connectivity index (χ1n) is 6.94. The van der Waals surface area contributed by atoms with Gasteiger partial charge in [-0.1, -0.05) is 13.8 Å². The van der Waals surface area contributed by atoms with Gasteiger partial charge in [0.15, 0.2) is 0 Å². The number of aryl methyl sites for hydroxylation is 2. The van der Waals surface area contributed by atoms with Crippen molar-refractivity contribution in [3.05, 3.63) is 34.9 Å². The van der Waals surface area contributed by atoms with E-state index in [1.165, 1.54) is 0 Å². The molecule has 0 unspecified atom stereocenters. The minimum atomic E-state index is 0.616. The van der Waals surface area contributed by atoms with E-state index < -0.39 is 0 Å². The first-order valence-corrected chi connectivity index (χ1v) is 6.94. The quantitative estimate of drug-likeness (QED) is 0.909. The van der Waals surface area contributed by atoms with Crippen LogP contribution in [0.1, 0.15) is 36.6 Å². The molecule has 0 aromatic carbocycles. The van der Waals surface area contributed by atoms with Gasteiger partial charge in [-0.15, -0.1) is 0 Å². The van der Waals surface area contributed by atoms with Gasteiger partial charge in [-0.2, -0.15) is 5.10 Å². The fraction of sp³-hybridized carbons (Fsp3) is 0.467. The Kier molecular flexibility index (Phi) is 4.27. The molecular weight excluding hydrogens is 252 g/mol. The van der Waals surface area contributed by atoms with E-state index in [4.69, 9.17) is 10.5 Å². The van der Waals surface area contributed by atoms with E-state index in [1.807, 2.05) is 23.7 Å². The Balaban J connectivity index is 2.36. The molecule has 2 aromatic heterocycles. The zero-order chi connectivity index (χ0) is 14.7. The highest BCUT2D eigenvalue weighted by Gasteiger charge is 2.13. The molecule has 0 radical (unpaired) electrons. The van der Waals surface area contributed by atoms with Gasteiger partial charge in [0.2, 0.25) is 0 Å². The monoisotopic (exact) mass is 274 g/mol. The van der Waals surface area contributed by atoms with Gasteiger partial charge in [0.1, 0.15) is 5.75 Å². The Morgan fingerprint density at radius 3 is 2.60 bits per heavy atom. The molecule has 0 saturated heterocycles. The SMILES string of the molecule is CCc1nn(Cc2cc(OC)cc(C)n2)c(CC)c1N. The van der Waals surface area contributed by atoms with Crippen LogP contribution in [0.5, 0.6) is 5.75 Å². The van der Waals surface area contributed by atoms with E-state index in [0.29, 0.717) is 6.54 Å². The van der Waals surface area contributed by atoms with Crippen molar-refractivity contribution in [2.24, 2.45) is 0 Å². The topological polar surface area (TPSA) is 66.0 Å². The zero-order valence-electron chi connectivity index (χ0n) is 12.6. The average Bonchev–Trinajstić information content (AvgIpc) is 2.73. The molecule has 2 heterocycles. The van der Waals surface area contributed by atoms with Gasteiger partial charge < -0.3 is 10.5 Å². The second-order valence-electron chi connectivity index (χ2n) is 4.81. The zero-order valence-corrected chi connectivity index (χ0v) is 12.6. The number of nitrogen functional groups attached to an aromatic ring is 1. The summed E-state index contributed by atoms with van der Waals surface area (Å²) in [5.74, 6) is 0.821. The van der Waals surface area contributed by atoms with E-state index >= 15 is 0 Å². The molecule has 0 bridgehead atoms. The maximum Gasteiger partial charge on any atom is 0.122 e. The number of aromatic nitrogens is 3. The molecule has 0 fully saturated rings. The third-order valence-corrected chi connectivity index (χ3v) is 3.37. The van der Waals surface area contributed by atoms with E-state index in [9.17, 15) is 0 Å². The van der Waals surface area contributed by atoms with Crippen LogP contribution in [0.25, 0.3) is 0 Å². The van der Waals surface area contributed by atoms with Gasteiger partial charge in [-0.25, -0.2) is 0 Å². The summed E-state index contributed by atoms with van der Waals surface area (Å²) in [6.07, 6.45) is 1.71. The number of anilines is 1. The molecular formula is C15H22N4O. The second kappa shape index (κ2) is 5.94. The third kappa shape index (κ3) is 2.76. The number of nitrogens with zero attached hydrogens (tertiary/aromatic N) is 3. The summed E-state index contributed by atoms with van der Waals surface area (Å²) in [5, 5.41) is 4.59. The Morgan fingerprint density at radius 1 is 1.25 bits per heavy atom. The Labute approximate surface area is 119 Å². The molecule has 2 rings (SSSR count). The standard InChI is InChI=1S/C15H22N4O/c1-5-13-15(16)14(6-2)19(18-13)9-11-8-12(20-4)7-10(3)17-11/h7-8H,5-6,9,16H2,1-4H3. The van der Waals surface area contributed by atoms with Crippen LogP contribution in [0.4, 0.5) is 5.69 Å². The average molecular weight is 274 g/mol. The molecule has 0 saturated carbocycles. The van der Waals surface area contributed by atoms with Crippen LogP contribution in [-0.2, 0) is 19.4 Å². The summed E-state index contributed by atoms with van der Waals surface area (Å²) in [6.45, 7) is 6.73. The molecule has 5 nitrogen and oxygen atoms in total. The van der Waals surface area contributed by atoms with Gasteiger partial charge in [0, 0.05) is 17.8 Å². The number of ether oxygens (including phenoxy) is 1. The molecule has 0 spiro atoms. The van der Waals surface area contributed by atoms with Crippen molar-refractivity contribution in [1.82, 2.24) is 14.8 Å². The smallest absolute Gasteiger partial charge is 0.122 e. The van der Waals surface area contributed by atoms with Crippen LogP contribution >= 0.6 is 0 Å². The number of methoxy groups -OCH3 is 1. The molecule has 20 heavy (non-hydrogen) atoms. The molecule has 5 heteroatoms. The lowest BCUT2D eigenvalue weighted by Gasteiger charge is -2.08. The van der Waals surface area contributed by atoms with E-state index in [2.05, 4.69) is 23.9 Å². The van der Waals surface area contributed by atoms with Crippen LogP contribution in [0.3, 0.4) is 0 Å². The van der Waals surface area contributed by atoms with E-state index in [1.54, 1.807) is 7.11 Å². The fourth-order valence-corrected chi connectivity index (χ4v) is 2.39. The highest BCUT2D eigenvalue weighted by molar-refractivity contribution is 5.48. The minimum Gasteiger partial charge on any atom is -0.497 e. The number of nitrogens with two attached hydrogens (primary N) is 1. The largest absolute Gasteiger partial charge is 0.497 e. The lowest BCUT2D eigenvalue weighted by atomic mass is 10.2. The molecule has 0 aliphatic rings. The Morgan fingerprint density at radius 2 is 2.00 bits per heavy atom. The predicted molar refractivity (Wildman–Crippen MR) is 80.0 cm³/mol. The van der Waals surface area contributed by atoms with Crippen LogP contribution in [0.2, 0.25) is 0 Å². The minimum absolute atomic E-state index is 0.616. The predicted octanol–water partition coefficient (Wildman–Crippen LogP) is 2.35. The lowest BCUT2D eigenvalue weighted by Crippen LogP contribution is -2.08. The van der Waals surface area contributed by atoms with Crippen molar-refractivity contribution < 1.29 is 4.74 Å². The molecule has 2 aromatic rings. The van der Waals surface area contributed by atoms with Crippen LogP contribution < -0.4 is 10.5 Å². The first-order chi connectivity index (χ1) is 9.58. The maximum absolute atomic E-state index is 6.14. The molecule has 108 valence electrons. The second-order valence-corrected chi connectivity index (χ2v) is 4.81. The highest BCUT2D eigenvalue weighted by atomic mass is 16.5. The van der Waals surface area contributed by atoms with Crippen LogP contribution in [-0.4, -0.2) is 21.9 Å². The summed E-state index contributed by atoms with van der Waals surface area (Å²) in [5.41, 5.74) is 10.9. The summed E-state index contributed by atoms with van der Waals surface area (Å²) in [6, 6.07) is 3.86. The van der Waals surface area contributed by atoms with Crippen molar-refractivity contribution in [3.63, 3.8) is 0 Å². The molecule has 0 aliphatic carbocycles. The van der Waals surface area contributed by atoms with Gasteiger partial charge >= 0.3 is 0 Å². The normalized spacial score (nSPS) is 10.8. The van der Waals surface area contributed by atoms with Crippen molar-refractivity contribution in [2.75, 3.05) is 12.8 Å². The van der Waals surface area contributed by atoms with E-state index in [-0.39, 0.29) is 0 Å². The number of hydrogen-bond acceptors (Lipinski definition) is 4. The summed E-state index contributed by atoms with van der Waals surface area (Å²) in [7, 11) is 1.66. The van der Waals surface area contributed by atoms with Gasteiger partial charge in [-0.3, -0.25) is 9.67 Å². The molecule has 0 atom stereocenters. The van der Waals surface area contributed by atoms with Gasteiger partial charge in [0.05, 0.1) is 36.4 Å². The summed E-state index contributed by atoms with van der Waals surface area (Å²) in [4.78, 5) is 4.54. The van der Waals surface area contributed by atoms with E-state index in [0.717, 1.165) is 47.1 Å². The molecule has 0 amide bonds. The summed E-state index contributed by atoms with van der Waals surface area (Å²) < 4.78 is 7.24. The van der Waals surface area contributed by atoms with Crippen LogP contribution in [0, 0.1) is 6.92 Å². The Hall–Kier alpha value is -2.04. The fourth-order valence-electron chi connectivity index (χ4n) is 2.39. The highest BCUT2D eigenvalue weighted by Crippen LogP contribution is 2.20. The maximum atomic E-state index is 6.14. The van der Waals surface area contributed by atoms with Gasteiger partial charge in [0.25, 0.3) is 0 Å². The third-order valence-electron chi connectivity index (χ3n) is 3.37. The van der Waals surface area contributed by atoms with Crippen molar-refractivity contribution in [3.8, 4) is 5.75 Å². The van der Waals surface area contributed by atoms with Crippen molar-refractivity contribution in [2.45, 2.75) is 40.2 Å². The van der Waals surface area contributed by atoms with Crippen LogP contribution in [0.15, 0.2) is 12.1 Å². The summed E-state index contributed by atoms with van der Waals surface area (Å²) >= 11 is 0. The number of hydrogen-bond donors (Lipinski definition) is 1. The first kappa shape index (κ1) is 14.4. The lowest BCUT2D eigenvalue weighted by molar-refractivity contribution is 0.412. The van der Waals surface area contributed by atoms with Gasteiger partial charge in [-0.05, 0) is 19.8 Å². The molecule has 2 N–H and O–H groups in total. The Bertz CT molecular complexity index is 604. The van der Waals surface area contributed by atoms with Crippen molar-refractivity contribution in [1.29, 1.82) is 0 Å². The number of pyridine rings is 1. The molecule has 0 aliphatic heterocycles. The van der Waals surface area contributed by atoms with Crippen molar-refractivity contribution >= 4 is 5.69 Å².